The molecule has 1 aromatic rings. The summed E-state index contributed by atoms with van der Waals surface area (Å²) in [5.41, 5.74) is -2.06. The molecule has 4 rings (SSSR count). The van der Waals surface area contributed by atoms with Gasteiger partial charge in [0.15, 0.2) is 34.6 Å². The lowest BCUT2D eigenvalue weighted by Crippen LogP contribution is -2.53. The number of imide groups is 1. The van der Waals surface area contributed by atoms with Gasteiger partial charge in [-0.3, -0.25) is 24.6 Å². The van der Waals surface area contributed by atoms with Crippen LogP contribution in [0.3, 0.4) is 0 Å². The minimum absolute atomic E-state index is 0.0478. The van der Waals surface area contributed by atoms with Gasteiger partial charge in [0.05, 0.1) is 42.0 Å². The molecule has 0 radical (unpaired) electrons. The van der Waals surface area contributed by atoms with Crippen LogP contribution < -0.4 is 5.32 Å². The first kappa shape index (κ1) is 28.5. The highest BCUT2D eigenvalue weighted by molar-refractivity contribution is 6.07. The van der Waals surface area contributed by atoms with Crippen molar-refractivity contribution in [3.63, 3.8) is 0 Å². The van der Waals surface area contributed by atoms with Gasteiger partial charge in [0.2, 0.25) is 11.8 Å². The smallest absolute Gasteiger partial charge is 0.283 e. The lowest BCUT2D eigenvalue weighted by atomic mass is 10.0. The van der Waals surface area contributed by atoms with Crippen LogP contribution in [0.4, 0.5) is 4.39 Å². The summed E-state index contributed by atoms with van der Waals surface area (Å²) < 4.78 is 25.4. The maximum absolute atomic E-state index is 15.1. The number of carbonyl (C=O) groups is 3. The molecule has 0 bridgehead atoms. The van der Waals surface area contributed by atoms with Gasteiger partial charge in [-0.05, 0) is 6.42 Å². The van der Waals surface area contributed by atoms with E-state index in [9.17, 15) is 45.0 Å². The zero-order chi connectivity index (χ0) is 29.3. The number of nitrogens with zero attached hydrogens (tertiary/aromatic N) is 2. The minimum atomic E-state index is -1.33. The molecule has 1 atom stereocenters. The highest BCUT2D eigenvalue weighted by Crippen LogP contribution is 2.43. The number of morpholine rings is 1. The van der Waals surface area contributed by atoms with Gasteiger partial charge in [-0.25, -0.2) is 4.39 Å². The van der Waals surface area contributed by atoms with E-state index in [-0.39, 0.29) is 24.9 Å². The summed E-state index contributed by atoms with van der Waals surface area (Å²) in [6, 6.07) is -1.15. The van der Waals surface area contributed by atoms with Gasteiger partial charge in [-0.2, -0.15) is 0 Å². The molecule has 1 aromatic carbocycles. The number of benzene rings is 1. The van der Waals surface area contributed by atoms with Crippen molar-refractivity contribution in [2.45, 2.75) is 32.0 Å². The van der Waals surface area contributed by atoms with Crippen LogP contribution in [0.5, 0.6) is 17.2 Å². The number of aliphatic hydroxyl groups is 3. The number of halogens is 1. The average molecular weight is 566 g/mol. The Morgan fingerprint density at radius 2 is 1.70 bits per heavy atom. The van der Waals surface area contributed by atoms with Crippen molar-refractivity contribution in [2.75, 3.05) is 32.8 Å². The fourth-order valence-corrected chi connectivity index (χ4v) is 4.66. The molecule has 3 amide bonds. The van der Waals surface area contributed by atoms with Crippen LogP contribution in [0.2, 0.25) is 0 Å². The molecule has 216 valence electrons. The van der Waals surface area contributed by atoms with E-state index < -0.39 is 94.2 Å². The van der Waals surface area contributed by atoms with Gasteiger partial charge in [-0.1, -0.05) is 6.58 Å². The Labute approximate surface area is 226 Å². The highest BCUT2D eigenvalue weighted by Gasteiger charge is 2.44. The molecule has 0 saturated carbocycles. The fourth-order valence-electron chi connectivity index (χ4n) is 4.66. The van der Waals surface area contributed by atoms with Crippen molar-refractivity contribution in [3.8, 4) is 17.2 Å². The Balaban J connectivity index is 1.62. The number of hydrogen-bond donors (Lipinski definition) is 7. The second-order valence-electron chi connectivity index (χ2n) is 9.35. The Morgan fingerprint density at radius 1 is 1.05 bits per heavy atom. The Morgan fingerprint density at radius 3 is 2.33 bits per heavy atom. The van der Waals surface area contributed by atoms with E-state index in [1.54, 1.807) is 4.90 Å². The van der Waals surface area contributed by atoms with Crippen LogP contribution in [-0.4, -0.2) is 97.1 Å². The third kappa shape index (κ3) is 5.33. The highest BCUT2D eigenvalue weighted by atomic mass is 19.1. The van der Waals surface area contributed by atoms with Crippen molar-refractivity contribution in [1.29, 1.82) is 0 Å². The lowest BCUT2D eigenvalue weighted by molar-refractivity contribution is -0.142. The second kappa shape index (κ2) is 11.3. The van der Waals surface area contributed by atoms with Crippen LogP contribution >= 0.6 is 0 Å². The Bertz CT molecular complexity index is 1300. The molecule has 1 unspecified atom stereocenters. The zero-order valence-corrected chi connectivity index (χ0v) is 21.1. The first-order valence-electron chi connectivity index (χ1n) is 12.2. The van der Waals surface area contributed by atoms with E-state index >= 15 is 4.39 Å². The number of aromatic hydroxyl groups is 3. The molecular weight excluding hydrogens is 537 g/mol. The van der Waals surface area contributed by atoms with Crippen molar-refractivity contribution in [3.05, 3.63) is 52.1 Å². The van der Waals surface area contributed by atoms with Crippen LogP contribution in [0.1, 0.15) is 24.0 Å². The molecule has 7 N–H and O–H groups in total. The third-order valence-electron chi connectivity index (χ3n) is 6.85. The zero-order valence-electron chi connectivity index (χ0n) is 21.1. The Hall–Kier alpha value is -4.50. The summed E-state index contributed by atoms with van der Waals surface area (Å²) in [4.78, 5) is 39.6. The van der Waals surface area contributed by atoms with E-state index in [1.165, 1.54) is 0 Å². The van der Waals surface area contributed by atoms with Gasteiger partial charge in [0.25, 0.3) is 11.9 Å². The molecule has 0 aromatic heterocycles. The second-order valence-corrected chi connectivity index (χ2v) is 9.35. The number of likely N-dealkylation sites (tertiary alicyclic amines) is 1. The molecule has 3 aliphatic heterocycles. The largest absolute Gasteiger partial charge is 0.505 e. The summed E-state index contributed by atoms with van der Waals surface area (Å²) in [5, 5.41) is 64.1. The predicted octanol–water partition coefficient (Wildman–Crippen LogP) is 0.592. The van der Waals surface area contributed by atoms with Crippen molar-refractivity contribution < 1.29 is 58.9 Å². The summed E-state index contributed by atoms with van der Waals surface area (Å²) in [6.45, 7) is 3.27. The molecule has 15 heteroatoms. The number of phenols is 3. The first-order valence-corrected chi connectivity index (χ1v) is 12.2. The monoisotopic (exact) mass is 565 g/mol. The van der Waals surface area contributed by atoms with Crippen molar-refractivity contribution in [2.24, 2.45) is 0 Å². The van der Waals surface area contributed by atoms with Crippen molar-refractivity contribution >= 4 is 17.7 Å². The third-order valence-corrected chi connectivity index (χ3v) is 6.85. The molecule has 3 aliphatic rings. The van der Waals surface area contributed by atoms with Gasteiger partial charge in [0.1, 0.15) is 12.6 Å². The first-order chi connectivity index (χ1) is 18.9. The number of nitrogens with one attached hydrogen (secondary N) is 1. The number of ether oxygens (including phenoxy) is 2. The van der Waals surface area contributed by atoms with Crippen LogP contribution in [-0.2, 0) is 37.0 Å². The standard InChI is InChI=1S/C25H28FN3O11/c1-11(30)19(32)17-12(9-29(24(17)37)15-2-3-16(31)27-23(15)36)25(38)40-10-14-18(26)20(33)13(21(34)22(14)35)8-28-4-6-39-7-5-28/h15,30,32-35,38H,1-10H2,(H,27,31,36)/b19-17-,25-12+. The van der Waals surface area contributed by atoms with Crippen LogP contribution in [0.25, 0.3) is 0 Å². The average Bonchev–Trinajstić information content (AvgIpc) is 3.26. The lowest BCUT2D eigenvalue weighted by Gasteiger charge is -2.28. The van der Waals surface area contributed by atoms with Crippen LogP contribution in [0.15, 0.2) is 35.2 Å². The summed E-state index contributed by atoms with van der Waals surface area (Å²) in [6.07, 6.45) is -0.125. The number of amides is 3. The normalized spacial score (nSPS) is 22.8. The summed E-state index contributed by atoms with van der Waals surface area (Å²) in [5.74, 6) is -9.36. The van der Waals surface area contributed by atoms with Crippen molar-refractivity contribution in [1.82, 2.24) is 15.1 Å². The van der Waals surface area contributed by atoms with E-state index in [4.69, 9.17) is 9.47 Å². The van der Waals surface area contributed by atoms with E-state index in [2.05, 4.69) is 11.9 Å². The minimum Gasteiger partial charge on any atom is -0.505 e. The maximum atomic E-state index is 15.1. The molecule has 3 fully saturated rings. The molecule has 3 heterocycles. The topological polar surface area (TPSA) is 210 Å². The molecule has 0 aliphatic carbocycles. The molecular formula is C25H28FN3O11. The number of aliphatic hydroxyl groups excluding tert-OH is 3. The molecule has 40 heavy (non-hydrogen) atoms. The summed E-state index contributed by atoms with van der Waals surface area (Å²) >= 11 is 0. The number of carbonyl (C=O) groups excluding carboxylic acids is 3. The number of hydrogen-bond acceptors (Lipinski definition) is 12. The SMILES string of the molecule is C=C(O)/C(O)=C1/C(=O)N(C2CCC(=O)NC2=O)C/C1=C(/O)OCc1c(O)c(O)c(CN2CCOCC2)c(O)c1F. The quantitative estimate of drug-likeness (QED) is 0.0797. The predicted molar refractivity (Wildman–Crippen MR) is 131 cm³/mol. The number of rotatable bonds is 7. The number of piperidine rings is 1. The Kier molecular flexibility index (Phi) is 8.06. The molecule has 3 saturated heterocycles. The van der Waals surface area contributed by atoms with Gasteiger partial charge >= 0.3 is 0 Å². The van der Waals surface area contributed by atoms with E-state index in [1.807, 2.05) is 0 Å². The molecule has 0 spiro atoms. The van der Waals surface area contributed by atoms with Crippen LogP contribution in [0, 0.1) is 5.82 Å². The number of phenolic OH excluding ortho intramolecular Hbond substituents is 3. The van der Waals surface area contributed by atoms with Gasteiger partial charge in [0, 0.05) is 26.1 Å². The fraction of sp³-hybridized carbons (Fsp3) is 0.400. The van der Waals surface area contributed by atoms with Gasteiger partial charge < -0.3 is 45.0 Å². The van der Waals surface area contributed by atoms with E-state index in [0.29, 0.717) is 26.3 Å². The van der Waals surface area contributed by atoms with E-state index in [0.717, 1.165) is 4.90 Å². The maximum Gasteiger partial charge on any atom is 0.283 e. The van der Waals surface area contributed by atoms with Gasteiger partial charge in [-0.15, -0.1) is 0 Å². The molecule has 14 nitrogen and oxygen atoms in total. The summed E-state index contributed by atoms with van der Waals surface area (Å²) in [7, 11) is 0.